The molecule has 0 bridgehead atoms. The topological polar surface area (TPSA) is 62.2 Å². The van der Waals surface area contributed by atoms with Gasteiger partial charge in [-0.1, -0.05) is 0 Å². The van der Waals surface area contributed by atoms with Gasteiger partial charge in [-0.25, -0.2) is 4.68 Å². The molecule has 6 nitrogen and oxygen atoms in total. The van der Waals surface area contributed by atoms with Crippen LogP contribution < -0.4 is 16.2 Å². The molecule has 2 rings (SSSR count). The Morgan fingerprint density at radius 3 is 3.00 bits per heavy atom. The van der Waals surface area contributed by atoms with Crippen LogP contribution in [0.3, 0.4) is 0 Å². The minimum Gasteiger partial charge on any atom is -0.378 e. The van der Waals surface area contributed by atoms with Gasteiger partial charge in [0.1, 0.15) is 4.47 Å². The summed E-state index contributed by atoms with van der Waals surface area (Å²) in [5, 5.41) is 11.1. The van der Waals surface area contributed by atoms with E-state index in [2.05, 4.69) is 38.6 Å². The molecule has 1 aromatic rings. The first-order valence-electron chi connectivity index (χ1n) is 7.39. The van der Waals surface area contributed by atoms with E-state index in [1.165, 1.54) is 4.68 Å². The fraction of sp³-hybridized carbons (Fsp3) is 0.714. The highest BCUT2D eigenvalue weighted by atomic mass is 79.9. The largest absolute Gasteiger partial charge is 0.378 e. The Balaban J connectivity index is 2.11. The molecule has 7 heteroatoms. The van der Waals surface area contributed by atoms with Gasteiger partial charge in [-0.05, 0) is 56.3 Å². The average Bonchev–Trinajstić information content (AvgIpc) is 2.45. The highest BCUT2D eigenvalue weighted by Gasteiger charge is 2.22. The Labute approximate surface area is 134 Å². The molecule has 21 heavy (non-hydrogen) atoms. The molecule has 1 aliphatic rings. The van der Waals surface area contributed by atoms with Crippen molar-refractivity contribution in [3.05, 3.63) is 21.0 Å². The Bertz CT molecular complexity index is 531. The van der Waals surface area contributed by atoms with Gasteiger partial charge in [0.25, 0.3) is 5.56 Å². The number of halogens is 1. The van der Waals surface area contributed by atoms with Crippen molar-refractivity contribution in [2.24, 2.45) is 0 Å². The number of rotatable bonds is 5. The summed E-state index contributed by atoms with van der Waals surface area (Å²) < 4.78 is 2.06. The SMILES string of the molecule is CC1NCCCC1Nc1cnn(CCN(C)C)c(=O)c1Br. The van der Waals surface area contributed by atoms with Crippen LogP contribution in [0.1, 0.15) is 19.8 Å². The van der Waals surface area contributed by atoms with Gasteiger partial charge in [0.05, 0.1) is 18.4 Å². The maximum absolute atomic E-state index is 12.3. The lowest BCUT2D eigenvalue weighted by molar-refractivity contribution is 0.367. The van der Waals surface area contributed by atoms with Crippen LogP contribution in [-0.4, -0.2) is 53.9 Å². The normalized spacial score (nSPS) is 22.5. The second-order valence-corrected chi connectivity index (χ2v) is 6.63. The number of nitrogens with one attached hydrogen (secondary N) is 2. The fourth-order valence-corrected chi connectivity index (χ4v) is 2.88. The number of likely N-dealkylation sites (N-methyl/N-ethyl adjacent to an activating group) is 1. The lowest BCUT2D eigenvalue weighted by atomic mass is 10.00. The Kier molecular flexibility index (Phi) is 5.78. The van der Waals surface area contributed by atoms with Gasteiger partial charge in [0.15, 0.2) is 0 Å². The van der Waals surface area contributed by atoms with Crippen LogP contribution in [0.4, 0.5) is 5.69 Å². The third-order valence-corrected chi connectivity index (χ3v) is 4.61. The van der Waals surface area contributed by atoms with Crippen LogP contribution >= 0.6 is 15.9 Å². The zero-order chi connectivity index (χ0) is 15.4. The second-order valence-electron chi connectivity index (χ2n) is 5.84. The van der Waals surface area contributed by atoms with Crippen molar-refractivity contribution < 1.29 is 0 Å². The lowest BCUT2D eigenvalue weighted by Crippen LogP contribution is -2.46. The van der Waals surface area contributed by atoms with Crippen LogP contribution in [0.15, 0.2) is 15.5 Å². The van der Waals surface area contributed by atoms with E-state index in [1.807, 2.05) is 19.0 Å². The molecule has 1 aliphatic heterocycles. The maximum Gasteiger partial charge on any atom is 0.283 e. The zero-order valence-electron chi connectivity index (χ0n) is 12.9. The second kappa shape index (κ2) is 7.38. The van der Waals surface area contributed by atoms with Crippen molar-refractivity contribution in [3.63, 3.8) is 0 Å². The number of piperidine rings is 1. The van der Waals surface area contributed by atoms with Crippen molar-refractivity contribution >= 4 is 21.6 Å². The predicted octanol–water partition coefficient (Wildman–Crippen LogP) is 1.12. The Morgan fingerprint density at radius 1 is 1.57 bits per heavy atom. The molecule has 1 aromatic heterocycles. The van der Waals surface area contributed by atoms with E-state index >= 15 is 0 Å². The van der Waals surface area contributed by atoms with Crippen molar-refractivity contribution in [1.82, 2.24) is 20.0 Å². The molecule has 0 aliphatic carbocycles. The molecule has 0 aromatic carbocycles. The molecular formula is C14H24BrN5O. The number of hydrogen-bond acceptors (Lipinski definition) is 5. The summed E-state index contributed by atoms with van der Waals surface area (Å²) >= 11 is 3.41. The molecule has 0 saturated carbocycles. The monoisotopic (exact) mass is 357 g/mol. The van der Waals surface area contributed by atoms with E-state index in [1.54, 1.807) is 6.20 Å². The lowest BCUT2D eigenvalue weighted by Gasteiger charge is -2.31. The zero-order valence-corrected chi connectivity index (χ0v) is 14.5. The molecule has 2 N–H and O–H groups in total. The van der Waals surface area contributed by atoms with Crippen LogP contribution in [-0.2, 0) is 6.54 Å². The summed E-state index contributed by atoms with van der Waals surface area (Å²) in [6, 6.07) is 0.718. The highest BCUT2D eigenvalue weighted by molar-refractivity contribution is 9.10. The van der Waals surface area contributed by atoms with Gasteiger partial charge in [-0.3, -0.25) is 4.79 Å². The van der Waals surface area contributed by atoms with Crippen molar-refractivity contribution in [2.45, 2.75) is 38.4 Å². The summed E-state index contributed by atoms with van der Waals surface area (Å²) in [5.41, 5.74) is 0.694. The first kappa shape index (κ1) is 16.5. The van der Waals surface area contributed by atoms with E-state index < -0.39 is 0 Å². The van der Waals surface area contributed by atoms with E-state index in [0.717, 1.165) is 31.6 Å². The van der Waals surface area contributed by atoms with Crippen LogP contribution in [0.25, 0.3) is 0 Å². The molecule has 2 atom stereocenters. The molecule has 0 radical (unpaired) electrons. The number of nitrogens with zero attached hydrogens (tertiary/aromatic N) is 3. The molecular weight excluding hydrogens is 334 g/mol. The molecule has 1 saturated heterocycles. The highest BCUT2D eigenvalue weighted by Crippen LogP contribution is 2.20. The van der Waals surface area contributed by atoms with Crippen LogP contribution in [0, 0.1) is 0 Å². The van der Waals surface area contributed by atoms with Crippen molar-refractivity contribution in [1.29, 1.82) is 0 Å². The van der Waals surface area contributed by atoms with Crippen LogP contribution in [0.5, 0.6) is 0 Å². The molecule has 0 spiro atoms. The van der Waals surface area contributed by atoms with Crippen molar-refractivity contribution in [2.75, 3.05) is 32.5 Å². The van der Waals surface area contributed by atoms with Gasteiger partial charge in [0.2, 0.25) is 0 Å². The summed E-state index contributed by atoms with van der Waals surface area (Å²) in [6.45, 7) is 4.60. The summed E-state index contributed by atoms with van der Waals surface area (Å²) in [6.07, 6.45) is 3.99. The Morgan fingerprint density at radius 2 is 2.33 bits per heavy atom. The van der Waals surface area contributed by atoms with Gasteiger partial charge >= 0.3 is 0 Å². The smallest absolute Gasteiger partial charge is 0.283 e. The van der Waals surface area contributed by atoms with Gasteiger partial charge in [-0.2, -0.15) is 5.10 Å². The van der Waals surface area contributed by atoms with Crippen molar-refractivity contribution in [3.8, 4) is 0 Å². The van der Waals surface area contributed by atoms with Gasteiger partial charge in [0, 0.05) is 18.6 Å². The quantitative estimate of drug-likeness (QED) is 0.826. The number of hydrogen-bond donors (Lipinski definition) is 2. The summed E-state index contributed by atoms with van der Waals surface area (Å²) in [7, 11) is 3.96. The van der Waals surface area contributed by atoms with E-state index in [0.29, 0.717) is 23.1 Å². The standard InChI is InChI=1S/C14H24BrN5O/c1-10-11(5-4-6-16-10)18-12-9-17-20(8-7-19(2)3)14(21)13(12)15/h9-11,16,18H,4-8H2,1-3H3. The van der Waals surface area contributed by atoms with E-state index in [4.69, 9.17) is 0 Å². The van der Waals surface area contributed by atoms with Gasteiger partial charge in [-0.15, -0.1) is 0 Å². The fourth-order valence-electron chi connectivity index (χ4n) is 2.46. The molecule has 1 fully saturated rings. The molecule has 0 amide bonds. The Hall–Kier alpha value is -0.920. The number of aromatic nitrogens is 2. The molecule has 118 valence electrons. The predicted molar refractivity (Wildman–Crippen MR) is 88.9 cm³/mol. The maximum atomic E-state index is 12.3. The third kappa shape index (κ3) is 4.28. The summed E-state index contributed by atoms with van der Waals surface area (Å²) in [4.78, 5) is 14.3. The average molecular weight is 358 g/mol. The molecule has 2 unspecified atom stereocenters. The van der Waals surface area contributed by atoms with E-state index in [-0.39, 0.29) is 5.56 Å². The first-order valence-corrected chi connectivity index (χ1v) is 8.18. The van der Waals surface area contributed by atoms with Gasteiger partial charge < -0.3 is 15.5 Å². The van der Waals surface area contributed by atoms with Crippen LogP contribution in [0.2, 0.25) is 0 Å². The minimum absolute atomic E-state index is 0.0849. The number of anilines is 1. The van der Waals surface area contributed by atoms with E-state index in [9.17, 15) is 4.79 Å². The molecule has 2 heterocycles. The first-order chi connectivity index (χ1) is 9.99. The summed E-state index contributed by atoms with van der Waals surface area (Å²) in [5.74, 6) is 0. The third-order valence-electron chi connectivity index (χ3n) is 3.85. The minimum atomic E-state index is -0.0849.